The zero-order valence-electron chi connectivity index (χ0n) is 16.4. The number of nitro benzene ring substituents is 1. The topological polar surface area (TPSA) is 134 Å². The fraction of sp³-hybridized carbons (Fsp3) is 0.250. The molecule has 0 saturated carbocycles. The molecule has 10 nitrogen and oxygen atoms in total. The van der Waals surface area contributed by atoms with Crippen molar-refractivity contribution < 1.29 is 33.5 Å². The van der Waals surface area contributed by atoms with E-state index in [0.29, 0.717) is 11.3 Å². The minimum atomic E-state index is -0.894. The van der Waals surface area contributed by atoms with Crippen LogP contribution in [0.15, 0.2) is 42.5 Å². The van der Waals surface area contributed by atoms with Crippen molar-refractivity contribution in [3.8, 4) is 5.75 Å². The van der Waals surface area contributed by atoms with Crippen molar-refractivity contribution in [1.82, 2.24) is 0 Å². The van der Waals surface area contributed by atoms with E-state index in [-0.39, 0.29) is 30.2 Å². The molecule has 0 radical (unpaired) electrons. The molecule has 0 fully saturated rings. The van der Waals surface area contributed by atoms with Crippen LogP contribution in [0.1, 0.15) is 34.6 Å². The fourth-order valence-corrected chi connectivity index (χ4v) is 2.38. The Hall–Kier alpha value is -3.95. The van der Waals surface area contributed by atoms with Crippen molar-refractivity contribution in [3.63, 3.8) is 0 Å². The van der Waals surface area contributed by atoms with Gasteiger partial charge in [-0.05, 0) is 50.2 Å². The summed E-state index contributed by atoms with van der Waals surface area (Å²) in [5.74, 6) is -1.96. The Morgan fingerprint density at radius 1 is 0.933 bits per heavy atom. The molecule has 0 heterocycles. The molecule has 0 aliphatic heterocycles. The molecular weight excluding hydrogens is 396 g/mol. The second kappa shape index (κ2) is 10.6. The van der Waals surface area contributed by atoms with Gasteiger partial charge in [-0.2, -0.15) is 0 Å². The van der Waals surface area contributed by atoms with Crippen LogP contribution >= 0.6 is 0 Å². The van der Waals surface area contributed by atoms with E-state index in [4.69, 9.17) is 14.2 Å². The molecule has 158 valence electrons. The summed E-state index contributed by atoms with van der Waals surface area (Å²) in [6.07, 6.45) is 0. The summed E-state index contributed by atoms with van der Waals surface area (Å²) in [5.41, 5.74) is 0.258. The highest BCUT2D eigenvalue weighted by Gasteiger charge is 2.20. The number of nitrogens with one attached hydrogen (secondary N) is 1. The van der Waals surface area contributed by atoms with Gasteiger partial charge >= 0.3 is 17.6 Å². The Kier molecular flexibility index (Phi) is 7.86. The number of nitro groups is 1. The summed E-state index contributed by atoms with van der Waals surface area (Å²) in [6.45, 7) is 3.25. The molecule has 0 saturated heterocycles. The van der Waals surface area contributed by atoms with Gasteiger partial charge in [0.2, 0.25) is 0 Å². The van der Waals surface area contributed by atoms with Crippen molar-refractivity contribution in [1.29, 1.82) is 0 Å². The van der Waals surface area contributed by atoms with Crippen LogP contribution in [-0.4, -0.2) is 42.6 Å². The lowest BCUT2D eigenvalue weighted by molar-refractivity contribution is -0.385. The van der Waals surface area contributed by atoms with E-state index in [0.717, 1.165) is 6.07 Å². The van der Waals surface area contributed by atoms with Gasteiger partial charge in [-0.1, -0.05) is 0 Å². The van der Waals surface area contributed by atoms with Gasteiger partial charge in [-0.3, -0.25) is 14.9 Å². The van der Waals surface area contributed by atoms with Gasteiger partial charge in [0.05, 0.1) is 29.3 Å². The second-order valence-corrected chi connectivity index (χ2v) is 5.79. The minimum absolute atomic E-state index is 0.0306. The quantitative estimate of drug-likeness (QED) is 0.375. The number of esters is 2. The Labute approximate surface area is 171 Å². The maximum Gasteiger partial charge on any atom is 0.338 e. The molecule has 30 heavy (non-hydrogen) atoms. The van der Waals surface area contributed by atoms with Crippen LogP contribution in [0.25, 0.3) is 0 Å². The highest BCUT2D eigenvalue weighted by molar-refractivity contribution is 5.96. The second-order valence-electron chi connectivity index (χ2n) is 5.79. The van der Waals surface area contributed by atoms with Crippen LogP contribution in [0.5, 0.6) is 5.75 Å². The molecule has 0 spiro atoms. The first-order valence-electron chi connectivity index (χ1n) is 9.01. The molecule has 0 unspecified atom stereocenters. The summed E-state index contributed by atoms with van der Waals surface area (Å²) >= 11 is 0. The minimum Gasteiger partial charge on any atom is -0.487 e. The number of hydrogen-bond acceptors (Lipinski definition) is 8. The molecule has 1 amide bonds. The van der Waals surface area contributed by atoms with Gasteiger partial charge in [0.25, 0.3) is 5.91 Å². The lowest BCUT2D eigenvalue weighted by atomic mass is 10.2. The van der Waals surface area contributed by atoms with Crippen LogP contribution in [0.4, 0.5) is 11.4 Å². The third kappa shape index (κ3) is 6.03. The summed E-state index contributed by atoms with van der Waals surface area (Å²) in [6, 6.07) is 9.61. The van der Waals surface area contributed by atoms with E-state index in [1.54, 1.807) is 13.8 Å². The summed E-state index contributed by atoms with van der Waals surface area (Å²) in [4.78, 5) is 46.1. The molecule has 2 aromatic rings. The van der Waals surface area contributed by atoms with Gasteiger partial charge in [0, 0.05) is 11.8 Å². The SMILES string of the molecule is CCOC(=O)c1ccc(NC(=O)COC(=O)c2ccc(OCC)c([N+](=O)[O-])c2)cc1. The monoisotopic (exact) mass is 416 g/mol. The number of anilines is 1. The molecular formula is C20H20N2O8. The molecule has 0 aromatic heterocycles. The molecule has 2 aromatic carbocycles. The lowest BCUT2D eigenvalue weighted by Gasteiger charge is -2.08. The predicted molar refractivity (Wildman–Crippen MR) is 106 cm³/mol. The zero-order chi connectivity index (χ0) is 22.1. The van der Waals surface area contributed by atoms with Crippen molar-refractivity contribution in [2.75, 3.05) is 25.1 Å². The van der Waals surface area contributed by atoms with Gasteiger partial charge < -0.3 is 19.5 Å². The summed E-state index contributed by atoms with van der Waals surface area (Å²) < 4.78 is 14.9. The number of carbonyl (C=O) groups is 3. The molecule has 1 N–H and O–H groups in total. The van der Waals surface area contributed by atoms with E-state index in [1.165, 1.54) is 36.4 Å². The van der Waals surface area contributed by atoms with Gasteiger partial charge in [-0.25, -0.2) is 9.59 Å². The van der Waals surface area contributed by atoms with Crippen LogP contribution in [0, 0.1) is 10.1 Å². The number of carbonyl (C=O) groups excluding carboxylic acids is 3. The maximum atomic E-state index is 12.1. The first kappa shape index (κ1) is 22.3. The standard InChI is InChI=1S/C20H20N2O8/c1-3-28-17-10-7-14(11-16(17)22(26)27)20(25)30-12-18(23)21-15-8-5-13(6-9-15)19(24)29-4-2/h5-11H,3-4,12H2,1-2H3,(H,21,23). The largest absolute Gasteiger partial charge is 0.487 e. The molecule has 2 rings (SSSR count). The predicted octanol–water partition coefficient (Wildman–Crippen LogP) is 2.97. The maximum absolute atomic E-state index is 12.1. The van der Waals surface area contributed by atoms with Crippen LogP contribution < -0.4 is 10.1 Å². The fourth-order valence-electron chi connectivity index (χ4n) is 2.38. The highest BCUT2D eigenvalue weighted by atomic mass is 16.6. The van der Waals surface area contributed by atoms with Crippen molar-refractivity contribution in [2.24, 2.45) is 0 Å². The lowest BCUT2D eigenvalue weighted by Crippen LogP contribution is -2.21. The smallest absolute Gasteiger partial charge is 0.338 e. The van der Waals surface area contributed by atoms with E-state index < -0.39 is 29.4 Å². The van der Waals surface area contributed by atoms with Crippen LogP contribution in [0.3, 0.4) is 0 Å². The van der Waals surface area contributed by atoms with Crippen molar-refractivity contribution in [3.05, 3.63) is 63.7 Å². The first-order chi connectivity index (χ1) is 14.3. The summed E-state index contributed by atoms with van der Waals surface area (Å²) in [5, 5.41) is 13.6. The van der Waals surface area contributed by atoms with Gasteiger partial charge in [0.1, 0.15) is 0 Å². The average molecular weight is 416 g/mol. The number of rotatable bonds is 9. The average Bonchev–Trinajstić information content (AvgIpc) is 2.73. The molecule has 0 aliphatic carbocycles. The Bertz CT molecular complexity index is 940. The molecule has 0 aliphatic rings. The number of amides is 1. The number of ether oxygens (including phenoxy) is 3. The Morgan fingerprint density at radius 3 is 2.17 bits per heavy atom. The molecule has 0 bridgehead atoms. The number of hydrogen-bond donors (Lipinski definition) is 1. The third-order valence-corrected chi connectivity index (χ3v) is 3.71. The number of benzene rings is 2. The Morgan fingerprint density at radius 2 is 1.57 bits per heavy atom. The first-order valence-corrected chi connectivity index (χ1v) is 9.01. The van der Waals surface area contributed by atoms with Crippen molar-refractivity contribution >= 4 is 29.2 Å². The van der Waals surface area contributed by atoms with E-state index in [1.807, 2.05) is 0 Å². The van der Waals surface area contributed by atoms with Gasteiger partial charge in [-0.15, -0.1) is 0 Å². The van der Waals surface area contributed by atoms with Crippen molar-refractivity contribution in [2.45, 2.75) is 13.8 Å². The normalized spacial score (nSPS) is 10.1. The summed E-state index contributed by atoms with van der Waals surface area (Å²) in [7, 11) is 0. The van der Waals surface area contributed by atoms with E-state index >= 15 is 0 Å². The zero-order valence-corrected chi connectivity index (χ0v) is 16.4. The highest BCUT2D eigenvalue weighted by Crippen LogP contribution is 2.28. The molecule has 10 heteroatoms. The van der Waals surface area contributed by atoms with E-state index in [9.17, 15) is 24.5 Å². The van der Waals surface area contributed by atoms with Crippen LogP contribution in [0.2, 0.25) is 0 Å². The third-order valence-electron chi connectivity index (χ3n) is 3.71. The van der Waals surface area contributed by atoms with Crippen LogP contribution in [-0.2, 0) is 14.3 Å². The number of nitrogens with zero attached hydrogens (tertiary/aromatic N) is 1. The van der Waals surface area contributed by atoms with Gasteiger partial charge in [0.15, 0.2) is 12.4 Å². The Balaban J connectivity index is 1.94. The molecule has 0 atom stereocenters. The van der Waals surface area contributed by atoms with E-state index in [2.05, 4.69) is 5.32 Å².